The van der Waals surface area contributed by atoms with Crippen molar-refractivity contribution in [1.29, 1.82) is 0 Å². The number of benzene rings is 7. The summed E-state index contributed by atoms with van der Waals surface area (Å²) in [6.45, 7) is 10.7. The molecule has 0 fully saturated rings. The molecule has 10 aromatic rings. The molecule has 0 radical (unpaired) electrons. The minimum absolute atomic E-state index is 0.0731. The van der Waals surface area contributed by atoms with Crippen LogP contribution in [0.1, 0.15) is 65.4 Å². The van der Waals surface area contributed by atoms with Crippen LogP contribution in [0.4, 0.5) is 0 Å². The zero-order valence-electron chi connectivity index (χ0n) is 43.8. The van der Waals surface area contributed by atoms with Gasteiger partial charge in [0, 0.05) is 23.0 Å². The predicted molar refractivity (Wildman–Crippen MR) is 246 cm³/mol. The predicted octanol–water partition coefficient (Wildman–Crippen LogP) is 13.7. The van der Waals surface area contributed by atoms with Gasteiger partial charge in [0.25, 0.3) is 6.33 Å². The molecule has 10 rings (SSSR count). The van der Waals surface area contributed by atoms with Gasteiger partial charge in [-0.05, 0) is 99.3 Å². The highest BCUT2D eigenvalue weighted by atomic mass is 16.5. The quantitative estimate of drug-likeness (QED) is 0.114. The number of aromatic nitrogens is 4. The highest BCUT2D eigenvalue weighted by Crippen LogP contribution is 2.38. The summed E-state index contributed by atoms with van der Waals surface area (Å²) >= 11 is 0. The Kier molecular flexibility index (Phi) is 6.79. The molecule has 5 nitrogen and oxygen atoms in total. The highest BCUT2D eigenvalue weighted by Gasteiger charge is 2.22. The Balaban J connectivity index is 1.18. The molecule has 3 aromatic heterocycles. The first kappa shape index (κ1) is 27.4. The van der Waals surface area contributed by atoms with Gasteiger partial charge in [-0.1, -0.05) is 150 Å². The van der Waals surface area contributed by atoms with Crippen molar-refractivity contribution in [2.45, 2.75) is 46.0 Å². The van der Waals surface area contributed by atoms with Gasteiger partial charge in [0.2, 0.25) is 0 Å². The monoisotopic (exact) mass is 788 g/mol. The summed E-state index contributed by atoms with van der Waals surface area (Å²) in [6, 6.07) is 31.6. The van der Waals surface area contributed by atoms with Crippen molar-refractivity contribution in [2.75, 3.05) is 0 Å². The minimum Gasteiger partial charge on any atom is -0.458 e. The van der Waals surface area contributed by atoms with Crippen LogP contribution in [0.2, 0.25) is 0 Å². The fraction of sp³-hybridized carbons (Fsp3) is 0.127. The number of hydrogen-bond acceptors (Lipinski definition) is 2. The summed E-state index contributed by atoms with van der Waals surface area (Å²) in [5.74, 6) is 1.98. The molecule has 0 atom stereocenters. The van der Waals surface area contributed by atoms with Gasteiger partial charge in [-0.3, -0.25) is 13.7 Å². The Morgan fingerprint density at radius 2 is 1.33 bits per heavy atom. The number of imidazole rings is 1. The van der Waals surface area contributed by atoms with Crippen LogP contribution in [-0.4, -0.2) is 14.1 Å². The molecule has 60 heavy (non-hydrogen) atoms. The van der Waals surface area contributed by atoms with E-state index in [1.807, 2.05) is 83.6 Å². The topological polar surface area (TPSA) is 35.9 Å². The first-order valence-corrected chi connectivity index (χ1v) is 19.9. The minimum atomic E-state index is -0.563. The highest BCUT2D eigenvalue weighted by molar-refractivity contribution is 6.09. The molecule has 7 aromatic carbocycles. The van der Waals surface area contributed by atoms with E-state index in [1.165, 1.54) is 0 Å². The SMILES string of the molecule is [2H]c1c([2H])c([2H])c(-c2cccc(-c3c([2H])c([2H])c([2H])c([2H])c3[2H])c2-[n+]2[c-]n(-c3cccc(Oc4ccc5c6ccccc6n(-c6cc(C(C)(C)C)ccn6)c5c4)c3)c3ccc(C(C)C)cc32)c([2H])c1[2H]. The first-order chi connectivity index (χ1) is 33.3. The second-order valence-electron chi connectivity index (χ2n) is 16.2. The maximum Gasteiger partial charge on any atom is 0.269 e. The Bertz CT molecular complexity index is 3650. The van der Waals surface area contributed by atoms with Crippen molar-refractivity contribution in [2.24, 2.45) is 0 Å². The fourth-order valence-electron chi connectivity index (χ4n) is 7.89. The van der Waals surface area contributed by atoms with Crippen molar-refractivity contribution in [3.8, 4) is 50.9 Å². The van der Waals surface area contributed by atoms with Crippen molar-refractivity contribution < 1.29 is 23.0 Å². The van der Waals surface area contributed by atoms with E-state index in [1.54, 1.807) is 22.8 Å². The van der Waals surface area contributed by atoms with Crippen LogP contribution in [0.3, 0.4) is 0 Å². The average Bonchev–Trinajstić information content (AvgIpc) is 3.89. The lowest BCUT2D eigenvalue weighted by atomic mass is 9.88. The van der Waals surface area contributed by atoms with Gasteiger partial charge >= 0.3 is 0 Å². The summed E-state index contributed by atoms with van der Waals surface area (Å²) in [4.78, 5) is 4.83. The van der Waals surface area contributed by atoms with E-state index in [0.29, 0.717) is 28.2 Å². The van der Waals surface area contributed by atoms with Gasteiger partial charge in [0.05, 0.1) is 47.1 Å². The van der Waals surface area contributed by atoms with Crippen LogP contribution in [0.5, 0.6) is 11.5 Å². The zero-order chi connectivity index (χ0) is 49.7. The molecule has 0 N–H and O–H groups in total. The molecule has 0 saturated heterocycles. The zero-order valence-corrected chi connectivity index (χ0v) is 33.8. The first-order valence-electron chi connectivity index (χ1n) is 24.9. The third-order valence-electron chi connectivity index (χ3n) is 10.9. The van der Waals surface area contributed by atoms with E-state index in [2.05, 4.69) is 69.8 Å². The Morgan fingerprint density at radius 1 is 0.650 bits per heavy atom. The average molecular weight is 789 g/mol. The van der Waals surface area contributed by atoms with Crippen LogP contribution in [-0.2, 0) is 5.41 Å². The normalized spacial score (nSPS) is 14.2. The van der Waals surface area contributed by atoms with Crippen molar-refractivity contribution in [3.63, 3.8) is 0 Å². The van der Waals surface area contributed by atoms with Crippen molar-refractivity contribution in [3.05, 3.63) is 199 Å². The molecule has 0 aliphatic carbocycles. The van der Waals surface area contributed by atoms with E-state index >= 15 is 0 Å². The van der Waals surface area contributed by atoms with Gasteiger partial charge < -0.3 is 4.74 Å². The van der Waals surface area contributed by atoms with Crippen molar-refractivity contribution in [1.82, 2.24) is 14.1 Å². The van der Waals surface area contributed by atoms with E-state index < -0.39 is 60.4 Å². The number of nitrogens with zero attached hydrogens (tertiary/aromatic N) is 4. The summed E-state index contributed by atoms with van der Waals surface area (Å²) in [5, 5.41) is 2.13. The number of pyridine rings is 1. The van der Waals surface area contributed by atoms with Crippen LogP contribution in [0.25, 0.3) is 72.3 Å². The second kappa shape index (κ2) is 14.9. The van der Waals surface area contributed by atoms with Gasteiger partial charge in [-0.2, -0.15) is 0 Å². The van der Waals surface area contributed by atoms with Crippen LogP contribution in [0, 0.1) is 6.33 Å². The van der Waals surface area contributed by atoms with E-state index in [9.17, 15) is 0 Å². The molecule has 0 spiro atoms. The molecule has 3 heterocycles. The number of ether oxygens (including phenoxy) is 1. The second-order valence-corrected chi connectivity index (χ2v) is 16.2. The van der Waals surface area contributed by atoms with E-state index in [4.69, 9.17) is 23.4 Å². The Morgan fingerprint density at radius 3 is 2.05 bits per heavy atom. The lowest BCUT2D eigenvalue weighted by Gasteiger charge is -2.20. The number of fused-ring (bicyclic) bond motifs is 4. The lowest BCUT2D eigenvalue weighted by molar-refractivity contribution is -0.571. The number of para-hydroxylation sites is 2. The maximum atomic E-state index is 9.08. The third kappa shape index (κ3) is 6.62. The van der Waals surface area contributed by atoms with Crippen LogP contribution in [0.15, 0.2) is 182 Å². The van der Waals surface area contributed by atoms with Gasteiger partial charge in [0.15, 0.2) is 0 Å². The Labute approximate surface area is 365 Å². The summed E-state index contributed by atoms with van der Waals surface area (Å²) < 4.78 is 99.9. The molecule has 5 heteroatoms. The smallest absolute Gasteiger partial charge is 0.269 e. The molecule has 292 valence electrons. The van der Waals surface area contributed by atoms with Gasteiger partial charge in [-0.25, -0.2) is 4.98 Å². The standard InChI is InChI=1S/C55H46N4O/c1-37(2)40-26-29-50-52(32-40)58(54-45(38-16-8-6-9-17-38)23-15-24-46(54)39-18-10-7-11-19-39)36-57(50)42-20-14-21-43(34-42)60-44-27-28-48-47-22-12-13-25-49(47)59(51(48)35-44)53-33-41(30-31-56-53)55(3,4)5/h6-35,37H,1-5H3/i6D,7D,8D,9D,10D,11D,16D,17D,18D,19D. The molecule has 0 unspecified atom stereocenters. The maximum absolute atomic E-state index is 9.08. The summed E-state index contributed by atoms with van der Waals surface area (Å²) in [5.41, 5.74) is 6.15. The van der Waals surface area contributed by atoms with Crippen molar-refractivity contribution >= 4 is 32.8 Å². The Hall–Kier alpha value is -7.24. The summed E-state index contributed by atoms with van der Waals surface area (Å²) in [7, 11) is 0. The number of rotatable bonds is 8. The summed E-state index contributed by atoms with van der Waals surface area (Å²) in [6.07, 6.45) is 5.35. The fourth-order valence-corrected chi connectivity index (χ4v) is 7.89. The molecule has 0 aliphatic heterocycles. The molecule has 0 aliphatic rings. The van der Waals surface area contributed by atoms with Crippen LogP contribution < -0.4 is 9.30 Å². The van der Waals surface area contributed by atoms with Gasteiger partial charge in [0.1, 0.15) is 17.3 Å². The molecule has 0 amide bonds. The largest absolute Gasteiger partial charge is 0.458 e. The van der Waals surface area contributed by atoms with Crippen LogP contribution >= 0.6 is 0 Å². The number of hydrogen-bond donors (Lipinski definition) is 0. The lowest BCUT2D eigenvalue weighted by Crippen LogP contribution is -2.31. The van der Waals surface area contributed by atoms with E-state index in [-0.39, 0.29) is 39.3 Å². The molecule has 0 saturated carbocycles. The third-order valence-corrected chi connectivity index (χ3v) is 10.9. The van der Waals surface area contributed by atoms with E-state index in [0.717, 1.165) is 38.8 Å². The molecule has 0 bridgehead atoms. The van der Waals surface area contributed by atoms with Gasteiger partial charge in [-0.15, -0.1) is 0 Å². The molecular weight excluding hydrogens is 733 g/mol. The molecular formula is C55H46N4O.